The van der Waals surface area contributed by atoms with Crippen molar-refractivity contribution < 1.29 is 18.0 Å². The molecule has 7 nitrogen and oxygen atoms in total. The van der Waals surface area contributed by atoms with Gasteiger partial charge in [0.1, 0.15) is 12.6 Å². The molecule has 4 aromatic rings. The van der Waals surface area contributed by atoms with E-state index in [1.54, 1.807) is 61.5 Å². The van der Waals surface area contributed by atoms with Crippen LogP contribution in [0, 0.1) is 6.92 Å². The third-order valence-electron chi connectivity index (χ3n) is 7.57. The van der Waals surface area contributed by atoms with Crippen molar-refractivity contribution in [3.8, 4) is 0 Å². The fraction of sp³-hybridized carbons (Fsp3) is 0.257. The minimum atomic E-state index is -4.25. The summed E-state index contributed by atoms with van der Waals surface area (Å²) in [5, 5.41) is 4.05. The maximum Gasteiger partial charge on any atom is 0.264 e. The lowest BCUT2D eigenvalue weighted by Crippen LogP contribution is -2.53. The van der Waals surface area contributed by atoms with Gasteiger partial charge in [0.2, 0.25) is 11.8 Å². The van der Waals surface area contributed by atoms with E-state index in [1.165, 1.54) is 17.0 Å². The number of hydrogen-bond acceptors (Lipinski definition) is 4. The van der Waals surface area contributed by atoms with Crippen molar-refractivity contribution in [1.82, 2.24) is 10.2 Å². The monoisotopic (exact) mass is 699 g/mol. The zero-order valence-electron chi connectivity index (χ0n) is 25.6. The predicted molar refractivity (Wildman–Crippen MR) is 186 cm³/mol. The Bertz CT molecular complexity index is 1760. The average Bonchev–Trinajstić information content (AvgIpc) is 3.04. The van der Waals surface area contributed by atoms with Crippen molar-refractivity contribution in [2.45, 2.75) is 50.6 Å². The summed E-state index contributed by atoms with van der Waals surface area (Å²) < 4.78 is 29.4. The number of benzene rings is 4. The first kappa shape index (κ1) is 35.3. The minimum Gasteiger partial charge on any atom is -0.354 e. The summed E-state index contributed by atoms with van der Waals surface area (Å²) in [6.45, 7) is 3.48. The van der Waals surface area contributed by atoms with E-state index >= 15 is 0 Å². The molecule has 1 atom stereocenters. The molecule has 0 spiro atoms. The molecule has 0 aliphatic rings. The Kier molecular flexibility index (Phi) is 12.5. The number of amides is 2. The summed E-state index contributed by atoms with van der Waals surface area (Å²) in [5.74, 6) is -0.955. The highest BCUT2D eigenvalue weighted by molar-refractivity contribution is 7.92. The van der Waals surface area contributed by atoms with Gasteiger partial charge in [-0.15, -0.1) is 0 Å². The maximum atomic E-state index is 14.6. The smallest absolute Gasteiger partial charge is 0.264 e. The molecule has 0 radical (unpaired) electrons. The van der Waals surface area contributed by atoms with Crippen molar-refractivity contribution >= 4 is 62.3 Å². The highest BCUT2D eigenvalue weighted by Crippen LogP contribution is 2.32. The van der Waals surface area contributed by atoms with Crippen LogP contribution in [0.1, 0.15) is 36.5 Å². The van der Waals surface area contributed by atoms with Crippen LogP contribution >= 0.6 is 34.8 Å². The molecule has 0 unspecified atom stereocenters. The first-order chi connectivity index (χ1) is 22.0. The third kappa shape index (κ3) is 8.82. The quantitative estimate of drug-likeness (QED) is 0.137. The van der Waals surface area contributed by atoms with E-state index in [4.69, 9.17) is 34.8 Å². The van der Waals surface area contributed by atoms with Crippen LogP contribution in [-0.2, 0) is 32.6 Å². The van der Waals surface area contributed by atoms with Crippen LogP contribution in [0.2, 0.25) is 15.1 Å². The molecule has 242 valence electrons. The Labute approximate surface area is 286 Å². The lowest BCUT2D eigenvalue weighted by Gasteiger charge is -2.34. The van der Waals surface area contributed by atoms with Crippen molar-refractivity contribution in [2.75, 3.05) is 17.4 Å². The van der Waals surface area contributed by atoms with Crippen LogP contribution < -0.4 is 9.62 Å². The topological polar surface area (TPSA) is 86.8 Å². The van der Waals surface area contributed by atoms with Crippen LogP contribution in [0.3, 0.4) is 0 Å². The van der Waals surface area contributed by atoms with Gasteiger partial charge in [0, 0.05) is 34.6 Å². The largest absolute Gasteiger partial charge is 0.354 e. The highest BCUT2D eigenvalue weighted by atomic mass is 35.5. The summed E-state index contributed by atoms with van der Waals surface area (Å²) in [6, 6.07) is 26.0. The summed E-state index contributed by atoms with van der Waals surface area (Å²) in [6.07, 6.45) is 1.83. The first-order valence-corrected chi connectivity index (χ1v) is 17.5. The van der Waals surface area contributed by atoms with Gasteiger partial charge in [-0.1, -0.05) is 109 Å². The zero-order chi connectivity index (χ0) is 33.3. The number of unbranched alkanes of at least 4 members (excludes halogenated alkanes) is 1. The Morgan fingerprint density at radius 1 is 0.848 bits per heavy atom. The van der Waals surface area contributed by atoms with Crippen molar-refractivity contribution in [1.29, 1.82) is 0 Å². The second-order valence-electron chi connectivity index (χ2n) is 10.8. The van der Waals surface area contributed by atoms with Gasteiger partial charge in [0.05, 0.1) is 10.6 Å². The molecule has 11 heteroatoms. The number of halogens is 3. The van der Waals surface area contributed by atoms with Crippen LogP contribution in [0.5, 0.6) is 0 Å². The summed E-state index contributed by atoms with van der Waals surface area (Å²) >= 11 is 19.2. The molecule has 0 saturated carbocycles. The Morgan fingerprint density at radius 3 is 2.17 bits per heavy atom. The van der Waals surface area contributed by atoms with Gasteiger partial charge in [-0.2, -0.15) is 0 Å². The van der Waals surface area contributed by atoms with Crippen molar-refractivity contribution in [2.24, 2.45) is 0 Å². The molecule has 0 aromatic heterocycles. The van der Waals surface area contributed by atoms with E-state index < -0.39 is 28.5 Å². The van der Waals surface area contributed by atoms with Crippen molar-refractivity contribution in [3.05, 3.63) is 129 Å². The Morgan fingerprint density at radius 2 is 1.52 bits per heavy atom. The second-order valence-corrected chi connectivity index (χ2v) is 13.9. The molecule has 4 aromatic carbocycles. The second kappa shape index (κ2) is 16.3. The number of anilines is 1. The van der Waals surface area contributed by atoms with Crippen molar-refractivity contribution in [3.63, 3.8) is 0 Å². The lowest BCUT2D eigenvalue weighted by molar-refractivity contribution is -0.140. The molecular weight excluding hydrogens is 665 g/mol. The maximum absolute atomic E-state index is 14.6. The number of nitrogens with zero attached hydrogens (tertiary/aromatic N) is 2. The number of carbonyl (C=O) groups is 2. The summed E-state index contributed by atoms with van der Waals surface area (Å²) in [7, 11) is -4.25. The molecule has 0 heterocycles. The van der Waals surface area contributed by atoms with E-state index in [1.807, 2.05) is 37.3 Å². The first-order valence-electron chi connectivity index (χ1n) is 14.9. The standard InChI is InChI=1S/C35H36Cl3N3O4S/c1-3-4-20-39-35(43)33(21-26-12-7-5-8-13-26)40(23-27-18-19-28(36)22-31(27)38)34(42)24-41(32-17-11-16-30(37)25(32)2)46(44,45)29-14-9-6-10-15-29/h5-19,22,33H,3-4,20-21,23-24H2,1-2H3,(H,39,43)/t33-/m0/s1. The molecule has 46 heavy (non-hydrogen) atoms. The Hall–Kier alpha value is -3.56. The van der Waals surface area contributed by atoms with E-state index in [0.717, 1.165) is 22.7 Å². The molecule has 0 saturated heterocycles. The number of sulfonamides is 1. The van der Waals surface area contributed by atoms with E-state index in [0.29, 0.717) is 32.7 Å². The summed E-state index contributed by atoms with van der Waals surface area (Å²) in [4.78, 5) is 29.9. The number of nitrogens with one attached hydrogen (secondary N) is 1. The number of carbonyl (C=O) groups excluding carboxylic acids is 2. The number of hydrogen-bond donors (Lipinski definition) is 1. The highest BCUT2D eigenvalue weighted by Gasteiger charge is 2.35. The molecule has 0 fully saturated rings. The van der Waals surface area contributed by atoms with Gasteiger partial charge in [-0.3, -0.25) is 13.9 Å². The van der Waals surface area contributed by atoms with E-state index in [-0.39, 0.29) is 29.5 Å². The van der Waals surface area contributed by atoms with Crippen LogP contribution in [0.15, 0.2) is 102 Å². The fourth-order valence-corrected chi connectivity index (χ4v) is 7.12. The van der Waals surface area contributed by atoms with Gasteiger partial charge in [-0.05, 0) is 66.4 Å². The molecule has 0 aliphatic carbocycles. The van der Waals surface area contributed by atoms with Gasteiger partial charge < -0.3 is 10.2 Å². The average molecular weight is 701 g/mol. The van der Waals surface area contributed by atoms with Gasteiger partial charge in [0.25, 0.3) is 10.0 Å². The van der Waals surface area contributed by atoms with Crippen LogP contribution in [0.4, 0.5) is 5.69 Å². The minimum absolute atomic E-state index is 0.00705. The zero-order valence-corrected chi connectivity index (χ0v) is 28.7. The summed E-state index contributed by atoms with van der Waals surface area (Å²) in [5.41, 5.74) is 2.12. The fourth-order valence-electron chi connectivity index (χ4n) is 4.99. The van der Waals surface area contributed by atoms with Gasteiger partial charge in [-0.25, -0.2) is 8.42 Å². The Balaban J connectivity index is 1.83. The predicted octanol–water partition coefficient (Wildman–Crippen LogP) is 7.71. The van der Waals surface area contributed by atoms with Crippen LogP contribution in [-0.4, -0.2) is 44.3 Å². The normalized spacial score (nSPS) is 11.9. The van der Waals surface area contributed by atoms with Gasteiger partial charge in [0.15, 0.2) is 0 Å². The lowest BCUT2D eigenvalue weighted by atomic mass is 10.0. The third-order valence-corrected chi connectivity index (χ3v) is 10.3. The molecular formula is C35H36Cl3N3O4S. The molecule has 0 bridgehead atoms. The molecule has 1 N–H and O–H groups in total. The van der Waals surface area contributed by atoms with Crippen LogP contribution in [0.25, 0.3) is 0 Å². The number of rotatable bonds is 14. The molecule has 2 amide bonds. The van der Waals surface area contributed by atoms with Gasteiger partial charge >= 0.3 is 0 Å². The van der Waals surface area contributed by atoms with E-state index in [2.05, 4.69) is 5.32 Å². The molecule has 4 rings (SSSR count). The van der Waals surface area contributed by atoms with E-state index in [9.17, 15) is 18.0 Å². The molecule has 0 aliphatic heterocycles. The SMILES string of the molecule is CCCCNC(=O)[C@H](Cc1ccccc1)N(Cc1ccc(Cl)cc1Cl)C(=O)CN(c1cccc(Cl)c1C)S(=O)(=O)c1ccccc1.